The Morgan fingerprint density at radius 2 is 2.03 bits per heavy atom. The Bertz CT molecular complexity index is 1070. The summed E-state index contributed by atoms with van der Waals surface area (Å²) in [5, 5.41) is 12.6. The molecule has 150 valence electrons. The van der Waals surface area contributed by atoms with Crippen molar-refractivity contribution in [2.75, 3.05) is 18.5 Å². The lowest BCUT2D eigenvalue weighted by Crippen LogP contribution is -2.26. The number of rotatable bonds is 6. The molecule has 0 radical (unpaired) electrons. The molecule has 1 saturated heterocycles. The Labute approximate surface area is 173 Å². The molecule has 2 aromatic heterocycles. The summed E-state index contributed by atoms with van der Waals surface area (Å²) < 4.78 is 11.4. The van der Waals surface area contributed by atoms with Crippen molar-refractivity contribution in [2.45, 2.75) is 18.9 Å². The first-order chi connectivity index (χ1) is 14.7. The van der Waals surface area contributed by atoms with Gasteiger partial charge in [-0.15, -0.1) is 0 Å². The summed E-state index contributed by atoms with van der Waals surface area (Å²) in [6.07, 6.45) is 5.55. The van der Waals surface area contributed by atoms with Crippen molar-refractivity contribution in [3.8, 4) is 23.1 Å². The van der Waals surface area contributed by atoms with Gasteiger partial charge in [0.05, 0.1) is 36.4 Å². The third kappa shape index (κ3) is 4.59. The van der Waals surface area contributed by atoms with Gasteiger partial charge in [-0.1, -0.05) is 0 Å². The van der Waals surface area contributed by atoms with Crippen molar-refractivity contribution in [3.05, 3.63) is 60.0 Å². The van der Waals surface area contributed by atoms with Crippen molar-refractivity contribution < 1.29 is 14.3 Å². The maximum Gasteiger partial charge on any atom is 0.227 e. The number of hydrogen-bond acceptors (Lipinski definition) is 8. The standard InChI is InChI=1S/C22H19N5O3/c23-12-16-11-15(1-4-21(16)30-19-6-9-29-10-7-19)20-5-8-24-22(27-20)26-17-2-3-18(14-28)25-13-17/h1-5,8,11,13-14,19H,6-7,9-10H2,(H,24,26,27). The maximum absolute atomic E-state index is 10.7. The molecule has 4 rings (SSSR count). The smallest absolute Gasteiger partial charge is 0.227 e. The van der Waals surface area contributed by atoms with E-state index in [1.165, 1.54) is 6.20 Å². The van der Waals surface area contributed by atoms with Crippen LogP contribution < -0.4 is 10.1 Å². The van der Waals surface area contributed by atoms with Crippen LogP contribution in [-0.4, -0.2) is 40.6 Å². The van der Waals surface area contributed by atoms with Crippen LogP contribution in [-0.2, 0) is 4.74 Å². The van der Waals surface area contributed by atoms with E-state index in [0.29, 0.717) is 53.8 Å². The quantitative estimate of drug-likeness (QED) is 0.625. The van der Waals surface area contributed by atoms with Gasteiger partial charge in [-0.3, -0.25) is 9.78 Å². The molecule has 1 aliphatic rings. The zero-order chi connectivity index (χ0) is 20.8. The molecule has 0 spiro atoms. The molecule has 1 aromatic carbocycles. The van der Waals surface area contributed by atoms with Crippen molar-refractivity contribution in [3.63, 3.8) is 0 Å². The molecule has 0 aliphatic carbocycles. The number of nitrogens with one attached hydrogen (secondary N) is 1. The van der Waals surface area contributed by atoms with E-state index in [-0.39, 0.29) is 6.10 Å². The molecule has 3 heterocycles. The second-order valence-electron chi connectivity index (χ2n) is 6.73. The number of carbonyl (C=O) groups excluding carboxylic acids is 1. The van der Waals surface area contributed by atoms with Crippen molar-refractivity contribution in [1.82, 2.24) is 15.0 Å². The van der Waals surface area contributed by atoms with Crippen LogP contribution >= 0.6 is 0 Å². The molecular formula is C22H19N5O3. The Hall–Kier alpha value is -3.83. The number of aromatic nitrogens is 3. The highest BCUT2D eigenvalue weighted by Gasteiger charge is 2.17. The lowest BCUT2D eigenvalue weighted by atomic mass is 10.1. The Balaban J connectivity index is 1.53. The molecule has 1 N–H and O–H groups in total. The number of anilines is 2. The van der Waals surface area contributed by atoms with Crippen LogP contribution in [0, 0.1) is 11.3 Å². The average Bonchev–Trinajstić information content (AvgIpc) is 2.81. The van der Waals surface area contributed by atoms with Crippen LogP contribution in [0.15, 0.2) is 48.8 Å². The molecule has 30 heavy (non-hydrogen) atoms. The highest BCUT2D eigenvalue weighted by atomic mass is 16.5. The van der Waals surface area contributed by atoms with E-state index in [1.807, 2.05) is 6.07 Å². The summed E-state index contributed by atoms with van der Waals surface area (Å²) in [5.74, 6) is 0.955. The number of carbonyl (C=O) groups is 1. The van der Waals surface area contributed by atoms with Gasteiger partial charge < -0.3 is 14.8 Å². The van der Waals surface area contributed by atoms with E-state index in [9.17, 15) is 10.1 Å². The van der Waals surface area contributed by atoms with Crippen molar-refractivity contribution in [1.29, 1.82) is 5.26 Å². The molecular weight excluding hydrogens is 382 g/mol. The fraction of sp³-hybridized carbons (Fsp3) is 0.227. The van der Waals surface area contributed by atoms with Crippen molar-refractivity contribution in [2.24, 2.45) is 0 Å². The maximum atomic E-state index is 10.7. The lowest BCUT2D eigenvalue weighted by molar-refractivity contribution is 0.0254. The van der Waals surface area contributed by atoms with Gasteiger partial charge in [0.15, 0.2) is 6.29 Å². The molecule has 8 heteroatoms. The summed E-state index contributed by atoms with van der Waals surface area (Å²) in [6, 6.07) is 12.8. The van der Waals surface area contributed by atoms with Gasteiger partial charge in [-0.25, -0.2) is 9.97 Å². The minimum absolute atomic E-state index is 0.0609. The van der Waals surface area contributed by atoms with Crippen LogP contribution in [0.25, 0.3) is 11.3 Å². The second-order valence-corrected chi connectivity index (χ2v) is 6.73. The van der Waals surface area contributed by atoms with E-state index in [1.54, 1.807) is 36.5 Å². The van der Waals surface area contributed by atoms with E-state index in [0.717, 1.165) is 18.4 Å². The SMILES string of the molecule is N#Cc1cc(-c2ccnc(Nc3ccc(C=O)nc3)n2)ccc1OC1CCOCC1. The molecule has 0 atom stereocenters. The summed E-state index contributed by atoms with van der Waals surface area (Å²) in [5.41, 5.74) is 2.92. The molecule has 0 saturated carbocycles. The fourth-order valence-electron chi connectivity index (χ4n) is 3.11. The Morgan fingerprint density at radius 3 is 2.77 bits per heavy atom. The minimum Gasteiger partial charge on any atom is -0.489 e. The molecule has 1 aliphatic heterocycles. The number of nitrogens with zero attached hydrogens (tertiary/aromatic N) is 4. The first-order valence-corrected chi connectivity index (χ1v) is 9.55. The number of hydrogen-bond donors (Lipinski definition) is 1. The Kier molecular flexibility index (Phi) is 5.92. The van der Waals surface area contributed by atoms with E-state index >= 15 is 0 Å². The van der Waals surface area contributed by atoms with Crippen LogP contribution in [0.1, 0.15) is 28.9 Å². The number of aldehydes is 1. The molecule has 8 nitrogen and oxygen atoms in total. The van der Waals surface area contributed by atoms with Gasteiger partial charge in [0, 0.05) is 24.6 Å². The van der Waals surface area contributed by atoms with Gasteiger partial charge in [0.25, 0.3) is 0 Å². The summed E-state index contributed by atoms with van der Waals surface area (Å²) >= 11 is 0. The summed E-state index contributed by atoms with van der Waals surface area (Å²) in [7, 11) is 0. The van der Waals surface area contributed by atoms with Gasteiger partial charge >= 0.3 is 0 Å². The molecule has 0 bridgehead atoms. The van der Waals surface area contributed by atoms with Crippen LogP contribution in [0.4, 0.5) is 11.6 Å². The van der Waals surface area contributed by atoms with Gasteiger partial charge in [0.2, 0.25) is 5.95 Å². The third-order valence-electron chi connectivity index (χ3n) is 4.68. The van der Waals surface area contributed by atoms with E-state index in [2.05, 4.69) is 26.3 Å². The van der Waals surface area contributed by atoms with E-state index in [4.69, 9.17) is 9.47 Å². The van der Waals surface area contributed by atoms with Crippen LogP contribution in [0.2, 0.25) is 0 Å². The van der Waals surface area contributed by atoms with Gasteiger partial charge in [-0.05, 0) is 36.4 Å². The predicted octanol–water partition coefficient (Wildman–Crippen LogP) is 3.52. The lowest BCUT2D eigenvalue weighted by Gasteiger charge is -2.23. The second kappa shape index (κ2) is 9.11. The Morgan fingerprint density at radius 1 is 1.17 bits per heavy atom. The molecule has 1 fully saturated rings. The van der Waals surface area contributed by atoms with Gasteiger partial charge in [0.1, 0.15) is 23.6 Å². The highest BCUT2D eigenvalue weighted by Crippen LogP contribution is 2.28. The summed E-state index contributed by atoms with van der Waals surface area (Å²) in [6.45, 7) is 1.35. The monoisotopic (exact) mass is 401 g/mol. The fourth-order valence-corrected chi connectivity index (χ4v) is 3.11. The van der Waals surface area contributed by atoms with Crippen LogP contribution in [0.5, 0.6) is 5.75 Å². The third-order valence-corrected chi connectivity index (χ3v) is 4.68. The zero-order valence-corrected chi connectivity index (χ0v) is 16.1. The summed E-state index contributed by atoms with van der Waals surface area (Å²) in [4.78, 5) is 23.5. The minimum atomic E-state index is 0.0609. The normalized spacial score (nSPS) is 14.0. The van der Waals surface area contributed by atoms with Gasteiger partial charge in [-0.2, -0.15) is 5.26 Å². The molecule has 3 aromatic rings. The largest absolute Gasteiger partial charge is 0.489 e. The van der Waals surface area contributed by atoms with Crippen molar-refractivity contribution >= 4 is 17.9 Å². The molecule has 0 amide bonds. The number of pyridine rings is 1. The highest BCUT2D eigenvalue weighted by molar-refractivity contribution is 5.72. The first-order valence-electron chi connectivity index (χ1n) is 9.55. The number of nitriles is 1. The number of ether oxygens (including phenoxy) is 2. The predicted molar refractivity (Wildman–Crippen MR) is 110 cm³/mol. The average molecular weight is 401 g/mol. The van der Waals surface area contributed by atoms with Crippen LogP contribution in [0.3, 0.4) is 0 Å². The molecule has 0 unspecified atom stereocenters. The zero-order valence-electron chi connectivity index (χ0n) is 16.1. The topological polar surface area (TPSA) is 110 Å². The first kappa shape index (κ1) is 19.5. The van der Waals surface area contributed by atoms with E-state index < -0.39 is 0 Å². The number of benzene rings is 1.